The first-order chi connectivity index (χ1) is 14.3. The number of rotatable bonds is 5. The van der Waals surface area contributed by atoms with Gasteiger partial charge in [0.2, 0.25) is 0 Å². The smallest absolute Gasteiger partial charge is 0.339 e. The van der Waals surface area contributed by atoms with E-state index < -0.39 is 24.5 Å². The summed E-state index contributed by atoms with van der Waals surface area (Å²) in [6.07, 6.45) is 5.75. The molecule has 0 saturated heterocycles. The molecule has 2 aromatic heterocycles. The van der Waals surface area contributed by atoms with Gasteiger partial charge in [-0.05, 0) is 45.6 Å². The summed E-state index contributed by atoms with van der Waals surface area (Å²) in [5.41, 5.74) is 1.52. The molecule has 1 aliphatic rings. The van der Waals surface area contributed by atoms with Gasteiger partial charge < -0.3 is 10.1 Å². The topological polar surface area (TPSA) is 115 Å². The number of carbonyl (C=O) groups is 3. The van der Waals surface area contributed by atoms with Crippen molar-refractivity contribution < 1.29 is 19.1 Å². The highest BCUT2D eigenvalue weighted by Gasteiger charge is 2.24. The lowest BCUT2D eigenvalue weighted by molar-refractivity contribution is -0.123. The van der Waals surface area contributed by atoms with Crippen LogP contribution in [0.3, 0.4) is 0 Å². The number of ether oxygens (including phenoxy) is 1. The van der Waals surface area contributed by atoms with Crippen molar-refractivity contribution >= 4 is 28.9 Å². The molecule has 2 unspecified atom stereocenters. The molecule has 9 nitrogen and oxygen atoms in total. The third-order valence-electron chi connectivity index (χ3n) is 5.42. The van der Waals surface area contributed by atoms with Crippen molar-refractivity contribution in [1.82, 2.24) is 25.4 Å². The molecule has 0 spiro atoms. The lowest BCUT2D eigenvalue weighted by Crippen LogP contribution is -2.48. The van der Waals surface area contributed by atoms with Gasteiger partial charge in [0.15, 0.2) is 12.3 Å². The highest BCUT2D eigenvalue weighted by atomic mass is 16.5. The Balaban J connectivity index is 1.59. The van der Waals surface area contributed by atoms with Crippen molar-refractivity contribution in [2.24, 2.45) is 5.92 Å². The number of urea groups is 1. The van der Waals surface area contributed by atoms with Crippen LogP contribution < -0.4 is 10.6 Å². The van der Waals surface area contributed by atoms with Crippen molar-refractivity contribution in [3.63, 3.8) is 0 Å². The molecule has 1 saturated carbocycles. The molecule has 2 heterocycles. The predicted molar refractivity (Wildman–Crippen MR) is 111 cm³/mol. The third kappa shape index (κ3) is 4.95. The maximum Gasteiger partial charge on any atom is 0.339 e. The van der Waals surface area contributed by atoms with E-state index in [9.17, 15) is 14.4 Å². The van der Waals surface area contributed by atoms with E-state index >= 15 is 0 Å². The van der Waals surface area contributed by atoms with E-state index in [0.29, 0.717) is 22.6 Å². The van der Waals surface area contributed by atoms with E-state index in [1.54, 1.807) is 23.9 Å². The van der Waals surface area contributed by atoms with Crippen LogP contribution in [0.4, 0.5) is 4.79 Å². The third-order valence-corrected chi connectivity index (χ3v) is 5.42. The standard InChI is InChI=1S/C21H29N5O4/c1-12(2)26-19-16(10-22-26)15(9-14(4)23-19)20(28)30-11-18(27)25-21(29)24-17-8-6-5-7-13(17)3/h9-10,12-13,17H,5-8,11H2,1-4H3,(H2,24,25,27,29). The van der Waals surface area contributed by atoms with Crippen LogP contribution in [0.15, 0.2) is 12.3 Å². The fourth-order valence-corrected chi connectivity index (χ4v) is 3.80. The zero-order chi connectivity index (χ0) is 21.8. The van der Waals surface area contributed by atoms with Crippen molar-refractivity contribution in [2.45, 2.75) is 65.5 Å². The number of hydrogen-bond donors (Lipinski definition) is 2. The molecule has 1 fully saturated rings. The van der Waals surface area contributed by atoms with Gasteiger partial charge in [0.05, 0.1) is 17.1 Å². The van der Waals surface area contributed by atoms with Gasteiger partial charge in [-0.3, -0.25) is 10.1 Å². The Labute approximate surface area is 175 Å². The molecule has 3 rings (SSSR count). The number of nitrogens with zero attached hydrogens (tertiary/aromatic N) is 3. The van der Waals surface area contributed by atoms with Gasteiger partial charge >= 0.3 is 12.0 Å². The van der Waals surface area contributed by atoms with E-state index in [1.165, 1.54) is 0 Å². The first-order valence-corrected chi connectivity index (χ1v) is 10.4. The Bertz CT molecular complexity index is 952. The number of hydrogen-bond acceptors (Lipinski definition) is 6. The number of imide groups is 1. The first-order valence-electron chi connectivity index (χ1n) is 10.4. The number of aromatic nitrogens is 3. The minimum atomic E-state index is -0.677. The van der Waals surface area contributed by atoms with Gasteiger partial charge in [0.1, 0.15) is 0 Å². The lowest BCUT2D eigenvalue weighted by Gasteiger charge is -2.29. The largest absolute Gasteiger partial charge is 0.452 e. The average Bonchev–Trinajstić information content (AvgIpc) is 3.11. The fourth-order valence-electron chi connectivity index (χ4n) is 3.80. The Hall–Kier alpha value is -2.97. The number of aryl methyl sites for hydroxylation is 1. The molecule has 0 radical (unpaired) electrons. The molecule has 1 aliphatic carbocycles. The molecule has 0 bridgehead atoms. The second-order valence-electron chi connectivity index (χ2n) is 8.20. The summed E-state index contributed by atoms with van der Waals surface area (Å²) in [6.45, 7) is 7.26. The van der Waals surface area contributed by atoms with Gasteiger partial charge in [0, 0.05) is 17.8 Å². The van der Waals surface area contributed by atoms with Crippen LogP contribution in [0.25, 0.3) is 11.0 Å². The molecule has 2 N–H and O–H groups in total. The summed E-state index contributed by atoms with van der Waals surface area (Å²) in [7, 11) is 0. The number of esters is 1. The second kappa shape index (κ2) is 9.23. The number of pyridine rings is 1. The van der Waals surface area contributed by atoms with Gasteiger partial charge in [-0.1, -0.05) is 19.8 Å². The Morgan fingerprint density at radius 2 is 2.00 bits per heavy atom. The fraction of sp³-hybridized carbons (Fsp3) is 0.571. The summed E-state index contributed by atoms with van der Waals surface area (Å²) in [5, 5.41) is 9.91. The van der Waals surface area contributed by atoms with Crippen LogP contribution in [0.5, 0.6) is 0 Å². The van der Waals surface area contributed by atoms with Crippen LogP contribution in [0.2, 0.25) is 0 Å². The second-order valence-corrected chi connectivity index (χ2v) is 8.20. The maximum absolute atomic E-state index is 12.6. The monoisotopic (exact) mass is 415 g/mol. The highest BCUT2D eigenvalue weighted by molar-refractivity contribution is 6.03. The van der Waals surface area contributed by atoms with Crippen LogP contribution in [-0.4, -0.2) is 45.3 Å². The molecule has 0 aliphatic heterocycles. The summed E-state index contributed by atoms with van der Waals surface area (Å²) < 4.78 is 6.86. The molecule has 2 atom stereocenters. The molecule has 162 valence electrons. The van der Waals surface area contributed by atoms with Crippen LogP contribution >= 0.6 is 0 Å². The summed E-state index contributed by atoms with van der Waals surface area (Å²) >= 11 is 0. The number of amides is 3. The highest BCUT2D eigenvalue weighted by Crippen LogP contribution is 2.24. The predicted octanol–water partition coefficient (Wildman–Crippen LogP) is 2.88. The van der Waals surface area contributed by atoms with E-state index in [1.807, 2.05) is 13.8 Å². The molecule has 3 amide bonds. The van der Waals surface area contributed by atoms with Gasteiger partial charge in [-0.15, -0.1) is 0 Å². The molecule has 2 aromatic rings. The molecular weight excluding hydrogens is 386 g/mol. The maximum atomic E-state index is 12.6. The van der Waals surface area contributed by atoms with Crippen LogP contribution in [0, 0.1) is 12.8 Å². The van der Waals surface area contributed by atoms with Gasteiger partial charge in [0.25, 0.3) is 5.91 Å². The Morgan fingerprint density at radius 1 is 1.27 bits per heavy atom. The number of carbonyl (C=O) groups excluding carboxylic acids is 3. The van der Waals surface area contributed by atoms with Crippen molar-refractivity contribution in [3.05, 3.63) is 23.5 Å². The lowest BCUT2D eigenvalue weighted by atomic mass is 9.86. The minimum absolute atomic E-state index is 0.0553. The first kappa shape index (κ1) is 21.7. The van der Waals surface area contributed by atoms with E-state index in [2.05, 4.69) is 27.6 Å². The summed E-state index contributed by atoms with van der Waals surface area (Å²) in [6, 6.07) is 1.18. The zero-order valence-electron chi connectivity index (χ0n) is 17.9. The van der Waals surface area contributed by atoms with Crippen LogP contribution in [-0.2, 0) is 9.53 Å². The SMILES string of the molecule is Cc1cc(C(=O)OCC(=O)NC(=O)NC2CCCCC2C)c2cnn(C(C)C)c2n1. The van der Waals surface area contributed by atoms with Crippen molar-refractivity contribution in [3.8, 4) is 0 Å². The van der Waals surface area contributed by atoms with Crippen molar-refractivity contribution in [2.75, 3.05) is 6.61 Å². The van der Waals surface area contributed by atoms with Crippen LogP contribution in [0.1, 0.15) is 68.5 Å². The zero-order valence-corrected chi connectivity index (χ0v) is 17.9. The number of nitrogens with one attached hydrogen (secondary N) is 2. The molecule has 30 heavy (non-hydrogen) atoms. The Morgan fingerprint density at radius 3 is 2.70 bits per heavy atom. The quantitative estimate of drug-likeness (QED) is 0.726. The van der Waals surface area contributed by atoms with E-state index in [0.717, 1.165) is 25.7 Å². The van der Waals surface area contributed by atoms with Gasteiger partial charge in [-0.2, -0.15) is 5.10 Å². The molecular formula is C21H29N5O4. The molecule has 9 heteroatoms. The normalized spacial score (nSPS) is 19.0. The number of fused-ring (bicyclic) bond motifs is 1. The minimum Gasteiger partial charge on any atom is -0.452 e. The van der Waals surface area contributed by atoms with E-state index in [-0.39, 0.29) is 17.6 Å². The van der Waals surface area contributed by atoms with E-state index in [4.69, 9.17) is 4.74 Å². The molecule has 0 aromatic carbocycles. The van der Waals surface area contributed by atoms with Crippen molar-refractivity contribution in [1.29, 1.82) is 0 Å². The Kier molecular flexibility index (Phi) is 6.69. The summed E-state index contributed by atoms with van der Waals surface area (Å²) in [4.78, 5) is 41.2. The average molecular weight is 415 g/mol. The van der Waals surface area contributed by atoms with Gasteiger partial charge in [-0.25, -0.2) is 19.3 Å². The summed E-state index contributed by atoms with van der Waals surface area (Å²) in [5.74, 6) is -0.962.